The number of carboxylic acid groups (broad SMARTS) is 1. The normalized spacial score (nSPS) is 10.1. The van der Waals surface area contributed by atoms with Crippen molar-refractivity contribution in [3.63, 3.8) is 0 Å². The summed E-state index contributed by atoms with van der Waals surface area (Å²) >= 11 is 5.92. The third-order valence-corrected chi connectivity index (χ3v) is 2.95. The molecular weight excluding hydrogens is 268 g/mol. The lowest BCUT2D eigenvalue weighted by Gasteiger charge is -2.22. The van der Waals surface area contributed by atoms with Crippen LogP contribution in [0.15, 0.2) is 18.2 Å². The maximum atomic E-state index is 11.6. The fraction of sp³-hybridized carbons (Fsp3) is 0.385. The van der Waals surface area contributed by atoms with Gasteiger partial charge in [-0.05, 0) is 32.0 Å². The zero-order valence-electron chi connectivity index (χ0n) is 10.9. The van der Waals surface area contributed by atoms with Gasteiger partial charge >= 0.3 is 5.97 Å². The Labute approximate surface area is 117 Å². The minimum Gasteiger partial charge on any atom is -0.478 e. The average molecular weight is 285 g/mol. The summed E-state index contributed by atoms with van der Waals surface area (Å²) in [6.45, 7) is 5.19. The molecule has 1 rings (SSSR count). The Morgan fingerprint density at radius 1 is 1.37 bits per heavy atom. The number of aromatic carboxylic acids is 1. The SMILES string of the molecule is CCNC(=O)CN(CC)c1ccc(C(=O)O)c(Cl)c1. The van der Waals surface area contributed by atoms with Crippen molar-refractivity contribution in [1.82, 2.24) is 5.32 Å². The van der Waals surface area contributed by atoms with E-state index in [1.165, 1.54) is 6.07 Å². The first kappa shape index (κ1) is 15.3. The molecule has 104 valence electrons. The predicted molar refractivity (Wildman–Crippen MR) is 75.0 cm³/mol. The van der Waals surface area contributed by atoms with E-state index in [9.17, 15) is 9.59 Å². The van der Waals surface area contributed by atoms with Crippen molar-refractivity contribution in [2.24, 2.45) is 0 Å². The van der Waals surface area contributed by atoms with Gasteiger partial charge in [0.05, 0.1) is 17.1 Å². The second kappa shape index (κ2) is 6.99. The van der Waals surface area contributed by atoms with Crippen molar-refractivity contribution in [3.8, 4) is 0 Å². The highest BCUT2D eigenvalue weighted by molar-refractivity contribution is 6.33. The van der Waals surface area contributed by atoms with Gasteiger partial charge in [-0.25, -0.2) is 4.79 Å². The lowest BCUT2D eigenvalue weighted by molar-refractivity contribution is -0.119. The van der Waals surface area contributed by atoms with Gasteiger partial charge in [0.15, 0.2) is 0 Å². The number of rotatable bonds is 6. The van der Waals surface area contributed by atoms with Crippen LogP contribution in [0.3, 0.4) is 0 Å². The van der Waals surface area contributed by atoms with Crippen molar-refractivity contribution in [1.29, 1.82) is 0 Å². The molecule has 6 heteroatoms. The van der Waals surface area contributed by atoms with Crippen molar-refractivity contribution < 1.29 is 14.7 Å². The highest BCUT2D eigenvalue weighted by Gasteiger charge is 2.13. The van der Waals surface area contributed by atoms with Crippen LogP contribution in [-0.4, -0.2) is 36.6 Å². The fourth-order valence-corrected chi connectivity index (χ4v) is 1.94. The van der Waals surface area contributed by atoms with E-state index >= 15 is 0 Å². The highest BCUT2D eigenvalue weighted by atomic mass is 35.5. The van der Waals surface area contributed by atoms with Crippen molar-refractivity contribution in [3.05, 3.63) is 28.8 Å². The Hall–Kier alpha value is -1.75. The number of carboxylic acids is 1. The molecule has 0 bridgehead atoms. The number of halogens is 1. The average Bonchev–Trinajstić information content (AvgIpc) is 2.35. The summed E-state index contributed by atoms with van der Waals surface area (Å²) in [6, 6.07) is 4.66. The van der Waals surface area contributed by atoms with Gasteiger partial charge < -0.3 is 15.3 Å². The van der Waals surface area contributed by atoms with E-state index < -0.39 is 5.97 Å². The zero-order valence-corrected chi connectivity index (χ0v) is 11.7. The molecule has 0 aliphatic heterocycles. The summed E-state index contributed by atoms with van der Waals surface area (Å²) < 4.78 is 0. The summed E-state index contributed by atoms with van der Waals surface area (Å²) in [4.78, 5) is 24.3. The van der Waals surface area contributed by atoms with Crippen molar-refractivity contribution >= 4 is 29.2 Å². The third-order valence-electron chi connectivity index (χ3n) is 2.64. The Bertz CT molecular complexity index is 477. The number of benzene rings is 1. The molecule has 5 nitrogen and oxygen atoms in total. The summed E-state index contributed by atoms with van der Waals surface area (Å²) in [5.41, 5.74) is 0.781. The number of carbonyl (C=O) groups is 2. The van der Waals surface area contributed by atoms with Crippen LogP contribution >= 0.6 is 11.6 Å². The quantitative estimate of drug-likeness (QED) is 0.838. The number of likely N-dealkylation sites (N-methyl/N-ethyl adjacent to an activating group) is 2. The van der Waals surface area contributed by atoms with E-state index in [4.69, 9.17) is 16.7 Å². The minimum atomic E-state index is -1.07. The Kier molecular flexibility index (Phi) is 5.63. The number of nitrogens with one attached hydrogen (secondary N) is 1. The van der Waals surface area contributed by atoms with Crippen LogP contribution in [0.2, 0.25) is 5.02 Å². The minimum absolute atomic E-state index is 0.0551. The van der Waals surface area contributed by atoms with Crippen LogP contribution in [0.5, 0.6) is 0 Å². The van der Waals surface area contributed by atoms with Crippen LogP contribution in [0, 0.1) is 0 Å². The van der Waals surface area contributed by atoms with Gasteiger partial charge in [0.1, 0.15) is 0 Å². The summed E-state index contributed by atoms with van der Waals surface area (Å²) in [7, 11) is 0. The molecule has 0 unspecified atom stereocenters. The maximum absolute atomic E-state index is 11.6. The largest absolute Gasteiger partial charge is 0.478 e. The number of nitrogens with zero attached hydrogens (tertiary/aromatic N) is 1. The molecule has 2 N–H and O–H groups in total. The molecule has 0 aromatic heterocycles. The molecular formula is C13H17ClN2O3. The van der Waals surface area contributed by atoms with Gasteiger partial charge in [0.25, 0.3) is 0 Å². The number of hydrogen-bond donors (Lipinski definition) is 2. The van der Waals surface area contributed by atoms with Crippen LogP contribution in [0.25, 0.3) is 0 Å². The van der Waals surface area contributed by atoms with E-state index in [2.05, 4.69) is 5.32 Å². The molecule has 0 heterocycles. The molecule has 0 saturated heterocycles. The Morgan fingerprint density at radius 2 is 2.05 bits per heavy atom. The van der Waals surface area contributed by atoms with Crippen LogP contribution < -0.4 is 10.2 Å². The highest BCUT2D eigenvalue weighted by Crippen LogP contribution is 2.23. The predicted octanol–water partition coefficient (Wildman–Crippen LogP) is 2.00. The van der Waals surface area contributed by atoms with E-state index in [1.54, 1.807) is 12.1 Å². The molecule has 0 aliphatic rings. The Morgan fingerprint density at radius 3 is 2.53 bits per heavy atom. The molecule has 1 aromatic carbocycles. The second-order valence-electron chi connectivity index (χ2n) is 3.94. The molecule has 0 radical (unpaired) electrons. The molecule has 0 aliphatic carbocycles. The first-order valence-corrected chi connectivity index (χ1v) is 6.41. The molecule has 0 spiro atoms. The van der Waals surface area contributed by atoms with E-state index in [-0.39, 0.29) is 23.0 Å². The first-order valence-electron chi connectivity index (χ1n) is 6.04. The topological polar surface area (TPSA) is 69.6 Å². The fourth-order valence-electron chi connectivity index (χ4n) is 1.69. The van der Waals surface area contributed by atoms with Crippen LogP contribution in [-0.2, 0) is 4.79 Å². The van der Waals surface area contributed by atoms with E-state index in [0.717, 1.165) is 5.69 Å². The maximum Gasteiger partial charge on any atom is 0.337 e. The molecule has 0 fully saturated rings. The summed E-state index contributed by atoms with van der Waals surface area (Å²) in [6.07, 6.45) is 0. The summed E-state index contributed by atoms with van der Waals surface area (Å²) in [5.74, 6) is -1.15. The first-order chi connectivity index (χ1) is 8.99. The molecule has 0 atom stereocenters. The zero-order chi connectivity index (χ0) is 14.4. The van der Waals surface area contributed by atoms with Crippen molar-refractivity contribution in [2.45, 2.75) is 13.8 Å². The van der Waals surface area contributed by atoms with Gasteiger partial charge in [-0.2, -0.15) is 0 Å². The van der Waals surface area contributed by atoms with Crippen LogP contribution in [0.1, 0.15) is 24.2 Å². The molecule has 1 amide bonds. The Balaban J connectivity index is 2.90. The number of anilines is 1. The van der Waals surface area contributed by atoms with E-state index in [1.807, 2.05) is 18.7 Å². The van der Waals surface area contributed by atoms with Gasteiger partial charge in [0.2, 0.25) is 5.91 Å². The smallest absolute Gasteiger partial charge is 0.337 e. The monoisotopic (exact) mass is 284 g/mol. The van der Waals surface area contributed by atoms with Gasteiger partial charge in [-0.15, -0.1) is 0 Å². The standard InChI is InChI=1S/C13H17ClN2O3/c1-3-15-12(17)8-16(4-2)9-5-6-10(13(18)19)11(14)7-9/h5-7H,3-4,8H2,1-2H3,(H,15,17)(H,18,19). The lowest BCUT2D eigenvalue weighted by atomic mass is 10.2. The van der Waals surface area contributed by atoms with Crippen LogP contribution in [0.4, 0.5) is 5.69 Å². The van der Waals surface area contributed by atoms with Crippen molar-refractivity contribution in [2.75, 3.05) is 24.5 Å². The second-order valence-corrected chi connectivity index (χ2v) is 4.34. The van der Waals surface area contributed by atoms with Gasteiger partial charge in [-0.3, -0.25) is 4.79 Å². The number of hydrogen-bond acceptors (Lipinski definition) is 3. The molecule has 0 saturated carbocycles. The summed E-state index contributed by atoms with van der Waals surface area (Å²) in [5, 5.41) is 11.8. The number of amides is 1. The van der Waals surface area contributed by atoms with Gasteiger partial charge in [0, 0.05) is 18.8 Å². The van der Waals surface area contributed by atoms with E-state index in [0.29, 0.717) is 13.1 Å². The lowest BCUT2D eigenvalue weighted by Crippen LogP contribution is -2.37. The number of carbonyl (C=O) groups excluding carboxylic acids is 1. The third kappa shape index (κ3) is 4.13. The molecule has 1 aromatic rings. The van der Waals surface area contributed by atoms with Gasteiger partial charge in [-0.1, -0.05) is 11.6 Å². The molecule has 19 heavy (non-hydrogen) atoms.